The molecule has 0 amide bonds. The third kappa shape index (κ3) is 12.5. The number of hydrogen-bond acceptors (Lipinski definition) is 26. The first-order chi connectivity index (χ1) is 44.0. The van der Waals surface area contributed by atoms with Gasteiger partial charge in [-0.3, -0.25) is 9.59 Å². The van der Waals surface area contributed by atoms with Crippen LogP contribution in [0.3, 0.4) is 0 Å². The fourth-order valence-corrected chi connectivity index (χ4v) is 18.8. The molecular formula is C67H100O27. The summed E-state index contributed by atoms with van der Waals surface area (Å²) in [6.45, 7) is 16.9. The Hall–Kier alpha value is -3.92. The number of hydrogen-bond donors (Lipinski definition) is 13. The number of carboxylic acid groups (broad SMARTS) is 1. The van der Waals surface area contributed by atoms with Gasteiger partial charge in [0.15, 0.2) is 31.1 Å². The van der Waals surface area contributed by atoms with Gasteiger partial charge in [0.25, 0.3) is 0 Å². The summed E-state index contributed by atoms with van der Waals surface area (Å²) in [5.41, 5.74) is -3.22. The van der Waals surface area contributed by atoms with E-state index in [-0.39, 0.29) is 31.3 Å². The summed E-state index contributed by atoms with van der Waals surface area (Å²) < 4.78 is 60.4. The highest BCUT2D eigenvalue weighted by Crippen LogP contribution is 2.76. The lowest BCUT2D eigenvalue weighted by Crippen LogP contribution is -2.71. The predicted molar refractivity (Wildman–Crippen MR) is 323 cm³/mol. The topological polar surface area (TPSA) is 424 Å². The summed E-state index contributed by atoms with van der Waals surface area (Å²) in [6, 6.07) is 8.27. The summed E-state index contributed by atoms with van der Waals surface area (Å²) >= 11 is 0. The number of carbonyl (C=O) groups is 4. The van der Waals surface area contributed by atoms with E-state index in [2.05, 4.69) is 26.8 Å². The average molecular weight is 1340 g/mol. The number of ether oxygens (including phenoxy) is 10. The van der Waals surface area contributed by atoms with E-state index in [1.165, 1.54) is 13.8 Å². The van der Waals surface area contributed by atoms with Crippen LogP contribution in [0.25, 0.3) is 0 Å². The molecule has 1 aromatic carbocycles. The van der Waals surface area contributed by atoms with Gasteiger partial charge in [-0.05, 0) is 122 Å². The highest BCUT2D eigenvalue weighted by molar-refractivity contribution is 5.89. The zero-order valence-electron chi connectivity index (χ0n) is 55.1. The van der Waals surface area contributed by atoms with Gasteiger partial charge < -0.3 is 114 Å². The second-order valence-electron chi connectivity index (χ2n) is 30.4. The fraction of sp³-hybridized carbons (Fsp3) is 0.821. The summed E-state index contributed by atoms with van der Waals surface area (Å²) in [6.07, 6.45) is -29.8. The van der Waals surface area contributed by atoms with Crippen LogP contribution in [-0.2, 0) is 61.8 Å². The fourth-order valence-electron chi connectivity index (χ4n) is 18.8. The van der Waals surface area contributed by atoms with Crippen molar-refractivity contribution >= 4 is 23.9 Å². The number of aliphatic carboxylic acids is 1. The van der Waals surface area contributed by atoms with Gasteiger partial charge in [-0.1, -0.05) is 78.3 Å². The zero-order chi connectivity index (χ0) is 68.9. The van der Waals surface area contributed by atoms with Crippen LogP contribution in [-0.4, -0.2) is 252 Å². The average Bonchev–Trinajstić information content (AvgIpc) is 0.670. The first-order valence-electron chi connectivity index (χ1n) is 33.1. The highest BCUT2D eigenvalue weighted by atomic mass is 16.8. The Balaban J connectivity index is 0.886. The molecule has 15 unspecified atom stereocenters. The Morgan fingerprint density at radius 2 is 1.33 bits per heavy atom. The molecule has 31 atom stereocenters. The Kier molecular flexibility index (Phi) is 21.2. The Morgan fingerprint density at radius 1 is 0.670 bits per heavy atom. The molecule has 8 fully saturated rings. The lowest BCUT2D eigenvalue weighted by molar-refractivity contribution is -0.392. The van der Waals surface area contributed by atoms with Gasteiger partial charge >= 0.3 is 23.9 Å². The Morgan fingerprint density at radius 3 is 1.98 bits per heavy atom. The normalized spacial score (nSPS) is 47.2. The lowest BCUT2D eigenvalue weighted by atomic mass is 9.32. The molecule has 1 aromatic rings. The molecule has 5 aliphatic carbocycles. The highest BCUT2D eigenvalue weighted by Gasteiger charge is 2.74. The SMILES string of the molecule is CC(=O)OC1[C@H](CC2OCC(OC(=O)C(C)C(C)OC(=O)c3ccccc3)C(O)C2O)C(C)(C)CC2C3=CCC4[C@@]5(C)CC[C@H](O[C@@H]6OC(C(=O)O)[C@H](O)[C@H](O[C@@H]7OC[C@H](O)[C@H](O)C7O)C6O[C@@H]6OC(CO)[C@H](O)[C@H](O)C6O)C(C)(C)C5CC[C@@]4(C)[C@]3(C)C[C@@H](O)[C@]21CO. The quantitative estimate of drug-likeness (QED) is 0.0434. The van der Waals surface area contributed by atoms with E-state index in [4.69, 9.17) is 47.4 Å². The molecule has 0 radical (unpaired) electrons. The van der Waals surface area contributed by atoms with Crippen molar-refractivity contribution < 1.29 is 133 Å². The van der Waals surface area contributed by atoms with Crippen molar-refractivity contribution in [2.24, 2.45) is 62.1 Å². The van der Waals surface area contributed by atoms with E-state index < -0.39 is 229 Å². The number of allylic oxidation sites excluding steroid dienone is 2. The Bertz CT molecular complexity index is 2890. The number of aliphatic hydroxyl groups excluding tert-OH is 12. The van der Waals surface area contributed by atoms with Crippen molar-refractivity contribution in [3.05, 3.63) is 47.5 Å². The molecule has 10 rings (SSSR count). The van der Waals surface area contributed by atoms with Crippen LogP contribution in [0, 0.1) is 62.1 Å². The zero-order valence-corrected chi connectivity index (χ0v) is 55.1. The van der Waals surface area contributed by atoms with Crippen LogP contribution in [0.15, 0.2) is 42.0 Å². The smallest absolute Gasteiger partial charge is 0.338 e. The van der Waals surface area contributed by atoms with Gasteiger partial charge in [0.2, 0.25) is 0 Å². The van der Waals surface area contributed by atoms with Crippen molar-refractivity contribution in [3.8, 4) is 0 Å². The number of esters is 3. The van der Waals surface area contributed by atoms with Crippen molar-refractivity contribution in [1.29, 1.82) is 0 Å². The van der Waals surface area contributed by atoms with Crippen molar-refractivity contribution in [1.82, 2.24) is 0 Å². The second-order valence-corrected chi connectivity index (χ2v) is 30.4. The van der Waals surface area contributed by atoms with Crippen molar-refractivity contribution in [2.45, 2.75) is 255 Å². The predicted octanol–water partition coefficient (Wildman–Crippen LogP) is 0.388. The molecule has 4 saturated heterocycles. The minimum Gasteiger partial charge on any atom is -0.479 e. The summed E-state index contributed by atoms with van der Waals surface area (Å²) in [4.78, 5) is 52.6. The standard InChI is InChI=1S/C67H100O27/c1-29(30(2)87-58(84)32-14-12-11-13-15-32)57(83)89-39-27-85-37(45(74)47(39)76)22-34-55(88-31(3)70)67(28-69)35(23-62(34,4)5)33-16-17-41-64(8)20-19-43(63(6,7)40(64)18-21-65(41,9)66(33,10)24-42(67)72)91-61-54(94-60-50(79)48(77)46(75)38(25-68)90-60)52(51(80)53(93-61)56(81)82)92-59-49(78)44(73)36(71)26-86-59/h11-16,29-30,34-55,59-61,68-69,71-80H,17-28H2,1-10H3,(H,81,82)/t29?,30?,34-,35?,36-,37?,38?,39?,40?,41?,42+,43-,44-,45?,46-,47?,48-,49?,50?,51+,52-,53?,54?,55?,59-,60-,61+,64-,65+,66+,67-/m0/s1. The lowest BCUT2D eigenvalue weighted by Gasteiger charge is -2.73. The molecule has 0 bridgehead atoms. The number of fused-ring (bicyclic) bond motifs is 7. The van der Waals surface area contributed by atoms with Crippen LogP contribution < -0.4 is 0 Å². The molecular weight excluding hydrogens is 1240 g/mol. The van der Waals surface area contributed by atoms with Gasteiger partial charge in [0.05, 0.1) is 61.6 Å². The van der Waals surface area contributed by atoms with E-state index in [9.17, 15) is 85.6 Å². The molecule has 9 aliphatic rings. The van der Waals surface area contributed by atoms with E-state index in [0.717, 1.165) is 5.57 Å². The van der Waals surface area contributed by atoms with Gasteiger partial charge in [0, 0.05) is 12.8 Å². The van der Waals surface area contributed by atoms with Crippen molar-refractivity contribution in [3.63, 3.8) is 0 Å². The third-order valence-corrected chi connectivity index (χ3v) is 24.6. The van der Waals surface area contributed by atoms with Crippen molar-refractivity contribution in [2.75, 3.05) is 26.4 Å². The van der Waals surface area contributed by atoms with E-state index in [1.807, 2.05) is 27.7 Å². The molecule has 4 aliphatic heterocycles. The number of carbonyl (C=O) groups excluding carboxylic acids is 3. The summed E-state index contributed by atoms with van der Waals surface area (Å²) in [5.74, 6) is -6.00. The van der Waals surface area contributed by atoms with Crippen LogP contribution in [0.5, 0.6) is 0 Å². The number of aliphatic hydroxyl groups is 12. The van der Waals surface area contributed by atoms with Gasteiger partial charge in [-0.25, -0.2) is 9.59 Å². The van der Waals surface area contributed by atoms with Crippen LogP contribution >= 0.6 is 0 Å². The molecule has 27 nitrogen and oxygen atoms in total. The maximum Gasteiger partial charge on any atom is 0.338 e. The largest absolute Gasteiger partial charge is 0.479 e. The van der Waals surface area contributed by atoms with E-state index in [1.54, 1.807) is 37.3 Å². The van der Waals surface area contributed by atoms with Gasteiger partial charge in [-0.2, -0.15) is 0 Å². The Labute approximate surface area is 546 Å². The molecule has 0 spiro atoms. The molecule has 530 valence electrons. The monoisotopic (exact) mass is 1340 g/mol. The first kappa shape index (κ1) is 72.8. The second kappa shape index (κ2) is 27.3. The molecule has 4 heterocycles. The number of rotatable bonds is 17. The van der Waals surface area contributed by atoms with Crippen LogP contribution in [0.1, 0.15) is 131 Å². The van der Waals surface area contributed by atoms with Gasteiger partial charge in [-0.15, -0.1) is 0 Å². The van der Waals surface area contributed by atoms with Crippen LogP contribution in [0.4, 0.5) is 0 Å². The molecule has 94 heavy (non-hydrogen) atoms. The molecule has 13 N–H and O–H groups in total. The van der Waals surface area contributed by atoms with Gasteiger partial charge in [0.1, 0.15) is 85.5 Å². The summed E-state index contributed by atoms with van der Waals surface area (Å²) in [7, 11) is 0. The maximum absolute atomic E-state index is 13.4. The third-order valence-electron chi connectivity index (χ3n) is 24.6. The minimum atomic E-state index is -2.13. The molecule has 27 heteroatoms. The van der Waals surface area contributed by atoms with Crippen LogP contribution in [0.2, 0.25) is 0 Å². The molecule has 4 saturated carbocycles. The van der Waals surface area contributed by atoms with E-state index in [0.29, 0.717) is 44.1 Å². The molecule has 0 aromatic heterocycles. The summed E-state index contributed by atoms with van der Waals surface area (Å²) in [5, 5.41) is 145. The number of carboxylic acids is 1. The first-order valence-corrected chi connectivity index (χ1v) is 33.1. The van der Waals surface area contributed by atoms with E-state index >= 15 is 0 Å². The minimum absolute atomic E-state index is 0.00976. The number of benzene rings is 1. The maximum atomic E-state index is 13.4.